The first-order valence-electron chi connectivity index (χ1n) is 6.11. The standard InChI is InChI=1S/C14H9N5O2/c1-9-3-2-4-11(13(9)19(20)21)14-17-16-12-7-10(8-15)5-6-18(12)14/h2-7H,1H3. The van der Waals surface area contributed by atoms with Crippen molar-refractivity contribution in [1.82, 2.24) is 14.6 Å². The Hall–Kier alpha value is -3.27. The van der Waals surface area contributed by atoms with E-state index in [4.69, 9.17) is 5.26 Å². The second kappa shape index (κ2) is 4.68. The number of hydrogen-bond donors (Lipinski definition) is 0. The van der Waals surface area contributed by atoms with Gasteiger partial charge in [-0.3, -0.25) is 14.5 Å². The molecule has 7 nitrogen and oxygen atoms in total. The van der Waals surface area contributed by atoms with E-state index in [1.807, 2.05) is 6.07 Å². The van der Waals surface area contributed by atoms with E-state index in [0.717, 1.165) is 0 Å². The zero-order valence-corrected chi connectivity index (χ0v) is 11.0. The number of pyridine rings is 1. The highest BCUT2D eigenvalue weighted by Crippen LogP contribution is 2.31. The fourth-order valence-electron chi connectivity index (χ4n) is 2.23. The molecular weight excluding hydrogens is 270 g/mol. The number of nitriles is 1. The molecule has 0 amide bonds. The molecule has 102 valence electrons. The van der Waals surface area contributed by atoms with Gasteiger partial charge in [-0.15, -0.1) is 10.2 Å². The van der Waals surface area contributed by atoms with E-state index in [0.29, 0.717) is 28.2 Å². The summed E-state index contributed by atoms with van der Waals surface area (Å²) in [6.07, 6.45) is 1.63. The van der Waals surface area contributed by atoms with Gasteiger partial charge in [-0.25, -0.2) is 0 Å². The molecule has 2 heterocycles. The third-order valence-electron chi connectivity index (χ3n) is 3.20. The van der Waals surface area contributed by atoms with Crippen LogP contribution in [0.25, 0.3) is 17.0 Å². The van der Waals surface area contributed by atoms with Gasteiger partial charge in [-0.2, -0.15) is 5.26 Å². The Labute approximate surface area is 119 Å². The largest absolute Gasteiger partial charge is 0.283 e. The second-order valence-corrected chi connectivity index (χ2v) is 4.51. The number of nitrogens with zero attached hydrogens (tertiary/aromatic N) is 5. The van der Waals surface area contributed by atoms with Gasteiger partial charge in [0.1, 0.15) is 0 Å². The van der Waals surface area contributed by atoms with Crippen LogP contribution < -0.4 is 0 Å². The second-order valence-electron chi connectivity index (χ2n) is 4.51. The Kier molecular flexibility index (Phi) is 2.84. The van der Waals surface area contributed by atoms with Gasteiger partial charge in [0.2, 0.25) is 0 Å². The maximum atomic E-state index is 11.3. The summed E-state index contributed by atoms with van der Waals surface area (Å²) in [5.41, 5.74) is 1.90. The number of aryl methyl sites for hydroxylation is 1. The molecule has 2 aromatic heterocycles. The van der Waals surface area contributed by atoms with Crippen molar-refractivity contribution < 1.29 is 4.92 Å². The zero-order valence-electron chi connectivity index (χ0n) is 11.0. The molecule has 0 aliphatic carbocycles. The van der Waals surface area contributed by atoms with Crippen LogP contribution in [0.3, 0.4) is 0 Å². The Morgan fingerprint density at radius 1 is 1.33 bits per heavy atom. The van der Waals surface area contributed by atoms with Gasteiger partial charge >= 0.3 is 0 Å². The molecule has 0 N–H and O–H groups in total. The molecule has 0 fully saturated rings. The maximum Gasteiger partial charge on any atom is 0.283 e. The molecule has 0 bridgehead atoms. The van der Waals surface area contributed by atoms with Crippen molar-refractivity contribution in [3.05, 3.63) is 57.8 Å². The molecule has 0 unspecified atom stereocenters. The molecule has 0 spiro atoms. The molecule has 0 atom stereocenters. The number of benzene rings is 1. The average Bonchev–Trinajstić information content (AvgIpc) is 2.89. The molecule has 1 aromatic carbocycles. The van der Waals surface area contributed by atoms with Gasteiger partial charge in [0, 0.05) is 17.8 Å². The summed E-state index contributed by atoms with van der Waals surface area (Å²) in [6, 6.07) is 10.3. The van der Waals surface area contributed by atoms with Gasteiger partial charge in [-0.05, 0) is 19.1 Å². The molecule has 3 aromatic rings. The van der Waals surface area contributed by atoms with Crippen LogP contribution in [0.5, 0.6) is 0 Å². The van der Waals surface area contributed by atoms with Crippen molar-refractivity contribution in [2.75, 3.05) is 0 Å². The van der Waals surface area contributed by atoms with Gasteiger partial charge in [0.05, 0.1) is 22.1 Å². The van der Waals surface area contributed by atoms with Crippen molar-refractivity contribution in [2.45, 2.75) is 6.92 Å². The van der Waals surface area contributed by atoms with E-state index in [1.165, 1.54) is 0 Å². The zero-order chi connectivity index (χ0) is 15.0. The van der Waals surface area contributed by atoms with Crippen molar-refractivity contribution in [2.24, 2.45) is 0 Å². The minimum Gasteiger partial charge on any atom is -0.282 e. The minimum absolute atomic E-state index is 0.0103. The predicted molar refractivity (Wildman–Crippen MR) is 74.5 cm³/mol. The van der Waals surface area contributed by atoms with Gasteiger partial charge in [0.15, 0.2) is 11.5 Å². The minimum atomic E-state index is -0.421. The van der Waals surface area contributed by atoms with Crippen LogP contribution in [0, 0.1) is 28.4 Å². The molecular formula is C14H9N5O2. The summed E-state index contributed by atoms with van der Waals surface area (Å²) in [5.74, 6) is 0.380. The van der Waals surface area contributed by atoms with Crippen molar-refractivity contribution >= 4 is 11.3 Å². The Morgan fingerprint density at radius 3 is 2.86 bits per heavy atom. The van der Waals surface area contributed by atoms with Crippen LogP contribution in [0.1, 0.15) is 11.1 Å². The number of fused-ring (bicyclic) bond motifs is 1. The summed E-state index contributed by atoms with van der Waals surface area (Å²) in [6.45, 7) is 1.68. The number of rotatable bonds is 2. The van der Waals surface area contributed by atoms with Crippen LogP contribution in [-0.2, 0) is 0 Å². The SMILES string of the molecule is Cc1cccc(-c2nnc3cc(C#N)ccn23)c1[N+](=O)[O-]. The third-order valence-corrected chi connectivity index (χ3v) is 3.20. The van der Waals surface area contributed by atoms with E-state index in [-0.39, 0.29) is 5.69 Å². The fraction of sp³-hybridized carbons (Fsp3) is 0.0714. The lowest BCUT2D eigenvalue weighted by molar-refractivity contribution is -0.384. The molecule has 0 saturated heterocycles. The lowest BCUT2D eigenvalue weighted by Crippen LogP contribution is -1.98. The van der Waals surface area contributed by atoms with Crippen LogP contribution in [-0.4, -0.2) is 19.5 Å². The van der Waals surface area contributed by atoms with E-state index in [1.54, 1.807) is 47.9 Å². The lowest BCUT2D eigenvalue weighted by atomic mass is 10.1. The monoisotopic (exact) mass is 279 g/mol. The predicted octanol–water partition coefficient (Wildman–Crippen LogP) is 2.48. The van der Waals surface area contributed by atoms with Gasteiger partial charge in [0.25, 0.3) is 5.69 Å². The van der Waals surface area contributed by atoms with E-state index in [9.17, 15) is 10.1 Å². The highest BCUT2D eigenvalue weighted by atomic mass is 16.6. The quantitative estimate of drug-likeness (QED) is 0.530. The molecule has 0 aliphatic rings. The summed E-state index contributed by atoms with van der Waals surface area (Å²) in [7, 11) is 0. The topological polar surface area (TPSA) is 97.1 Å². The molecule has 0 saturated carbocycles. The Balaban J connectivity index is 2.30. The third kappa shape index (κ3) is 1.99. The maximum absolute atomic E-state index is 11.3. The molecule has 3 rings (SSSR count). The Bertz CT molecular complexity index is 907. The molecule has 0 radical (unpaired) electrons. The fourth-order valence-corrected chi connectivity index (χ4v) is 2.23. The first-order chi connectivity index (χ1) is 10.1. The summed E-state index contributed by atoms with van der Waals surface area (Å²) >= 11 is 0. The van der Waals surface area contributed by atoms with Gasteiger partial charge < -0.3 is 0 Å². The van der Waals surface area contributed by atoms with Crippen LogP contribution in [0.15, 0.2) is 36.5 Å². The average molecular weight is 279 g/mol. The first kappa shape index (κ1) is 12.7. The number of hydrogen-bond acceptors (Lipinski definition) is 5. The van der Waals surface area contributed by atoms with Crippen LogP contribution in [0.2, 0.25) is 0 Å². The van der Waals surface area contributed by atoms with E-state index >= 15 is 0 Å². The van der Waals surface area contributed by atoms with Crippen LogP contribution in [0.4, 0.5) is 5.69 Å². The van der Waals surface area contributed by atoms with Crippen molar-refractivity contribution in [1.29, 1.82) is 5.26 Å². The molecule has 7 heteroatoms. The van der Waals surface area contributed by atoms with Crippen molar-refractivity contribution in [3.63, 3.8) is 0 Å². The summed E-state index contributed by atoms with van der Waals surface area (Å²) < 4.78 is 1.63. The highest BCUT2D eigenvalue weighted by molar-refractivity contribution is 5.72. The summed E-state index contributed by atoms with van der Waals surface area (Å²) in [5, 5.41) is 28.2. The number of nitro benzene ring substituents is 1. The first-order valence-corrected chi connectivity index (χ1v) is 6.11. The number of aromatic nitrogens is 3. The van der Waals surface area contributed by atoms with Crippen molar-refractivity contribution in [3.8, 4) is 17.5 Å². The lowest BCUT2D eigenvalue weighted by Gasteiger charge is -2.04. The van der Waals surface area contributed by atoms with Gasteiger partial charge in [-0.1, -0.05) is 12.1 Å². The normalized spacial score (nSPS) is 10.5. The molecule has 21 heavy (non-hydrogen) atoms. The summed E-state index contributed by atoms with van der Waals surface area (Å²) in [4.78, 5) is 10.9. The number of nitro groups is 1. The van der Waals surface area contributed by atoms with Crippen LogP contribution >= 0.6 is 0 Å². The number of para-hydroxylation sites is 1. The molecule has 0 aliphatic heterocycles. The van der Waals surface area contributed by atoms with E-state index < -0.39 is 4.92 Å². The smallest absolute Gasteiger partial charge is 0.282 e. The van der Waals surface area contributed by atoms with E-state index in [2.05, 4.69) is 10.2 Å². The highest BCUT2D eigenvalue weighted by Gasteiger charge is 2.22. The Morgan fingerprint density at radius 2 is 2.14 bits per heavy atom.